The summed E-state index contributed by atoms with van der Waals surface area (Å²) in [5, 5.41) is 13.7. The molecule has 1 rings (SSSR count). The number of nitrogens with one attached hydrogen (secondary N) is 2. The number of aliphatic hydroxyl groups is 1. The maximum Gasteiger partial charge on any atom is 0.422 e. The van der Waals surface area contributed by atoms with Crippen LogP contribution in [-0.2, 0) is 0 Å². The van der Waals surface area contributed by atoms with Gasteiger partial charge in [0.15, 0.2) is 6.61 Å². The molecular formula is C13H17F3N2O3. The predicted molar refractivity (Wildman–Crippen MR) is 71.3 cm³/mol. The Bertz CT molecular complexity index is 466. The number of carbonyl (C=O) groups is 1. The molecule has 8 heteroatoms. The molecule has 0 aliphatic rings. The van der Waals surface area contributed by atoms with E-state index >= 15 is 0 Å². The maximum atomic E-state index is 12.1. The lowest BCUT2D eigenvalue weighted by molar-refractivity contribution is -0.153. The fraction of sp³-hybridized carbons (Fsp3) is 0.462. The van der Waals surface area contributed by atoms with Gasteiger partial charge in [0.05, 0.1) is 5.69 Å². The van der Waals surface area contributed by atoms with E-state index < -0.39 is 18.8 Å². The first-order valence-corrected chi connectivity index (χ1v) is 6.29. The summed E-state index contributed by atoms with van der Waals surface area (Å²) in [4.78, 5) is 11.7. The fourth-order valence-electron chi connectivity index (χ4n) is 1.50. The molecule has 1 aromatic rings. The molecule has 0 bridgehead atoms. The van der Waals surface area contributed by atoms with E-state index in [1.165, 1.54) is 18.2 Å². The normalized spacial score (nSPS) is 12.6. The Morgan fingerprint density at radius 2 is 2.05 bits per heavy atom. The van der Waals surface area contributed by atoms with Gasteiger partial charge in [0.25, 0.3) is 0 Å². The molecule has 1 atom stereocenters. The molecule has 0 unspecified atom stereocenters. The molecule has 0 saturated heterocycles. The predicted octanol–water partition coefficient (Wildman–Crippen LogP) is 2.52. The van der Waals surface area contributed by atoms with Crippen LogP contribution in [0.2, 0.25) is 0 Å². The van der Waals surface area contributed by atoms with Gasteiger partial charge in [-0.2, -0.15) is 13.2 Å². The summed E-state index contributed by atoms with van der Waals surface area (Å²) >= 11 is 0. The Morgan fingerprint density at radius 3 is 2.67 bits per heavy atom. The minimum absolute atomic E-state index is 0.0696. The van der Waals surface area contributed by atoms with Crippen molar-refractivity contribution >= 4 is 11.7 Å². The molecule has 118 valence electrons. The molecule has 0 heterocycles. The van der Waals surface area contributed by atoms with Gasteiger partial charge in [0, 0.05) is 12.6 Å². The van der Waals surface area contributed by atoms with Gasteiger partial charge in [-0.15, -0.1) is 0 Å². The lowest BCUT2D eigenvalue weighted by Crippen LogP contribution is -2.36. The largest absolute Gasteiger partial charge is 0.482 e. The second-order valence-corrected chi connectivity index (χ2v) is 4.41. The van der Waals surface area contributed by atoms with Crippen LogP contribution in [0.4, 0.5) is 23.7 Å². The number of ether oxygens (including phenoxy) is 1. The van der Waals surface area contributed by atoms with E-state index in [2.05, 4.69) is 15.4 Å². The number of hydrogen-bond donors (Lipinski definition) is 3. The monoisotopic (exact) mass is 306 g/mol. The van der Waals surface area contributed by atoms with Gasteiger partial charge >= 0.3 is 12.2 Å². The van der Waals surface area contributed by atoms with Crippen LogP contribution in [0.5, 0.6) is 5.75 Å². The van der Waals surface area contributed by atoms with E-state index in [0.29, 0.717) is 6.42 Å². The van der Waals surface area contributed by atoms with E-state index in [9.17, 15) is 18.0 Å². The minimum Gasteiger partial charge on any atom is -0.482 e. The molecule has 5 nitrogen and oxygen atoms in total. The molecule has 1 aromatic carbocycles. The summed E-state index contributed by atoms with van der Waals surface area (Å²) in [6.45, 7) is 0.183. The second kappa shape index (κ2) is 7.72. The van der Waals surface area contributed by atoms with Gasteiger partial charge in [-0.1, -0.05) is 12.1 Å². The highest BCUT2D eigenvalue weighted by atomic mass is 19.4. The van der Waals surface area contributed by atoms with Gasteiger partial charge in [-0.05, 0) is 25.5 Å². The Kier molecular flexibility index (Phi) is 6.29. The number of urea groups is 1. The van der Waals surface area contributed by atoms with Crippen molar-refractivity contribution in [3.8, 4) is 5.75 Å². The van der Waals surface area contributed by atoms with Crippen LogP contribution in [-0.4, -0.2) is 36.6 Å². The summed E-state index contributed by atoms with van der Waals surface area (Å²) in [6, 6.07) is 4.98. The van der Waals surface area contributed by atoms with Crippen LogP contribution in [0.25, 0.3) is 0 Å². The Balaban J connectivity index is 2.64. The molecule has 2 amide bonds. The molecule has 0 radical (unpaired) electrons. The number of benzene rings is 1. The zero-order chi connectivity index (χ0) is 15.9. The lowest BCUT2D eigenvalue weighted by Gasteiger charge is -2.16. The maximum absolute atomic E-state index is 12.1. The topological polar surface area (TPSA) is 70.6 Å². The lowest BCUT2D eigenvalue weighted by atomic mass is 10.2. The smallest absolute Gasteiger partial charge is 0.422 e. The van der Waals surface area contributed by atoms with Crippen molar-refractivity contribution in [2.24, 2.45) is 0 Å². The van der Waals surface area contributed by atoms with Gasteiger partial charge in [0.1, 0.15) is 5.75 Å². The molecule has 0 saturated carbocycles. The summed E-state index contributed by atoms with van der Waals surface area (Å²) in [6.07, 6.45) is -4.08. The minimum atomic E-state index is -4.45. The number of amides is 2. The van der Waals surface area contributed by atoms with Crippen molar-refractivity contribution in [1.29, 1.82) is 0 Å². The van der Waals surface area contributed by atoms with Crippen LogP contribution in [0, 0.1) is 0 Å². The summed E-state index contributed by atoms with van der Waals surface area (Å²) in [5.74, 6) is -0.0696. The van der Waals surface area contributed by atoms with E-state index in [1.54, 1.807) is 13.0 Å². The van der Waals surface area contributed by atoms with Crippen LogP contribution >= 0.6 is 0 Å². The third-order valence-corrected chi connectivity index (χ3v) is 2.47. The zero-order valence-electron chi connectivity index (χ0n) is 11.4. The first kappa shape index (κ1) is 17.1. The fourth-order valence-corrected chi connectivity index (χ4v) is 1.50. The first-order chi connectivity index (χ1) is 9.81. The summed E-state index contributed by atoms with van der Waals surface area (Å²) in [7, 11) is 0. The number of anilines is 1. The molecule has 21 heavy (non-hydrogen) atoms. The number of hydrogen-bond acceptors (Lipinski definition) is 3. The van der Waals surface area contributed by atoms with Crippen molar-refractivity contribution < 1.29 is 27.8 Å². The Morgan fingerprint density at radius 1 is 1.38 bits per heavy atom. The van der Waals surface area contributed by atoms with E-state index in [-0.39, 0.29) is 24.1 Å². The number of halogens is 3. The van der Waals surface area contributed by atoms with Gasteiger partial charge in [-0.3, -0.25) is 0 Å². The average molecular weight is 306 g/mol. The molecule has 0 aliphatic carbocycles. The van der Waals surface area contributed by atoms with Crippen molar-refractivity contribution in [3.05, 3.63) is 24.3 Å². The van der Waals surface area contributed by atoms with Gasteiger partial charge in [-0.25, -0.2) is 4.79 Å². The molecule has 0 spiro atoms. The third-order valence-electron chi connectivity index (χ3n) is 2.47. The molecule has 0 aromatic heterocycles. The number of aliphatic hydroxyl groups excluding tert-OH is 1. The number of alkyl halides is 3. The van der Waals surface area contributed by atoms with Crippen molar-refractivity contribution in [2.45, 2.75) is 25.6 Å². The van der Waals surface area contributed by atoms with Crippen molar-refractivity contribution in [2.75, 3.05) is 18.5 Å². The quantitative estimate of drug-likeness (QED) is 0.756. The number of rotatable bonds is 6. The highest BCUT2D eigenvalue weighted by Gasteiger charge is 2.28. The number of para-hydroxylation sites is 2. The highest BCUT2D eigenvalue weighted by molar-refractivity contribution is 5.91. The molecular weight excluding hydrogens is 289 g/mol. The van der Waals surface area contributed by atoms with E-state index in [1.807, 2.05) is 0 Å². The van der Waals surface area contributed by atoms with Crippen LogP contribution in [0.3, 0.4) is 0 Å². The Hall–Kier alpha value is -1.96. The molecule has 3 N–H and O–H groups in total. The number of carbonyl (C=O) groups excluding carboxylic acids is 1. The van der Waals surface area contributed by atoms with Crippen molar-refractivity contribution in [3.63, 3.8) is 0 Å². The average Bonchev–Trinajstić information content (AvgIpc) is 2.36. The van der Waals surface area contributed by atoms with Crippen LogP contribution < -0.4 is 15.4 Å². The van der Waals surface area contributed by atoms with Crippen molar-refractivity contribution in [1.82, 2.24) is 5.32 Å². The third kappa shape index (κ3) is 6.84. The van der Waals surface area contributed by atoms with Gasteiger partial charge < -0.3 is 20.5 Å². The highest BCUT2D eigenvalue weighted by Crippen LogP contribution is 2.26. The SMILES string of the molecule is C[C@H](CCO)NC(=O)Nc1ccccc1OCC(F)(F)F. The van der Waals surface area contributed by atoms with Crippen LogP contribution in [0.1, 0.15) is 13.3 Å². The molecule has 0 aliphatic heterocycles. The van der Waals surface area contributed by atoms with E-state index in [4.69, 9.17) is 5.11 Å². The van der Waals surface area contributed by atoms with Crippen LogP contribution in [0.15, 0.2) is 24.3 Å². The summed E-state index contributed by atoms with van der Waals surface area (Å²) in [5.41, 5.74) is 0.135. The molecule has 0 fully saturated rings. The zero-order valence-corrected chi connectivity index (χ0v) is 11.4. The second-order valence-electron chi connectivity index (χ2n) is 4.41. The Labute approximate surface area is 120 Å². The van der Waals surface area contributed by atoms with E-state index in [0.717, 1.165) is 0 Å². The van der Waals surface area contributed by atoms with Gasteiger partial charge in [0.2, 0.25) is 0 Å². The standard InChI is InChI=1S/C13H17F3N2O3/c1-9(6-7-19)17-12(20)18-10-4-2-3-5-11(10)21-8-13(14,15)16/h2-5,9,19H,6-8H2,1H3,(H2,17,18,20)/t9-/m1/s1. The summed E-state index contributed by atoms with van der Waals surface area (Å²) < 4.78 is 41.1. The first-order valence-electron chi connectivity index (χ1n) is 6.29.